The minimum Gasteiger partial charge on any atom is -0.325 e. The monoisotopic (exact) mass is 423 g/mol. The van der Waals surface area contributed by atoms with Gasteiger partial charge in [0.1, 0.15) is 16.9 Å². The van der Waals surface area contributed by atoms with Crippen molar-refractivity contribution < 1.29 is 9.18 Å². The Balaban J connectivity index is 1.61. The van der Waals surface area contributed by atoms with E-state index in [4.69, 9.17) is 4.98 Å². The molecule has 0 fully saturated rings. The number of amides is 1. The second-order valence-corrected chi connectivity index (χ2v) is 8.65. The zero-order valence-electron chi connectivity index (χ0n) is 15.6. The van der Waals surface area contributed by atoms with Crippen LogP contribution in [0.5, 0.6) is 0 Å². The Kier molecular flexibility index (Phi) is 5.93. The van der Waals surface area contributed by atoms with Gasteiger partial charge in [-0.25, -0.2) is 9.37 Å². The van der Waals surface area contributed by atoms with Crippen molar-refractivity contribution in [2.24, 2.45) is 0 Å². The standard InChI is InChI=1S/C22H18FN3OS2/c23-14-5-3-6-15(11-14)25-20(27)13-29-22-17(12-24)21(19-9-4-10-28-19)16-7-1-2-8-18(16)26-22/h3-6,9-11H,1-2,7-8,13H2,(H,25,27). The number of nitriles is 1. The summed E-state index contributed by atoms with van der Waals surface area (Å²) in [6.45, 7) is 0. The number of thioether (sulfide) groups is 1. The zero-order valence-corrected chi connectivity index (χ0v) is 17.2. The molecule has 0 bridgehead atoms. The number of hydrogen-bond donors (Lipinski definition) is 1. The number of rotatable bonds is 5. The number of aryl methyl sites for hydroxylation is 1. The molecule has 4 rings (SSSR count). The Bertz CT molecular complexity index is 1090. The molecule has 2 aromatic heterocycles. The first-order chi connectivity index (χ1) is 14.2. The third kappa shape index (κ3) is 4.34. The summed E-state index contributed by atoms with van der Waals surface area (Å²) in [5.41, 5.74) is 4.13. The van der Waals surface area contributed by atoms with Gasteiger partial charge in [-0.15, -0.1) is 11.3 Å². The zero-order chi connectivity index (χ0) is 20.2. The maximum absolute atomic E-state index is 13.3. The Morgan fingerprint density at radius 2 is 2.14 bits per heavy atom. The van der Waals surface area contributed by atoms with Gasteiger partial charge in [0, 0.05) is 21.8 Å². The molecule has 1 aliphatic carbocycles. The fraction of sp³-hybridized carbons (Fsp3) is 0.227. The number of fused-ring (bicyclic) bond motifs is 1. The van der Waals surface area contributed by atoms with Gasteiger partial charge in [-0.1, -0.05) is 23.9 Å². The second kappa shape index (κ2) is 8.76. The molecule has 1 aliphatic rings. The van der Waals surface area contributed by atoms with Crippen molar-refractivity contribution in [3.63, 3.8) is 0 Å². The van der Waals surface area contributed by atoms with Crippen LogP contribution in [0, 0.1) is 17.1 Å². The molecule has 0 saturated heterocycles. The maximum Gasteiger partial charge on any atom is 0.234 e. The van der Waals surface area contributed by atoms with Crippen molar-refractivity contribution in [2.45, 2.75) is 30.7 Å². The number of benzene rings is 1. The van der Waals surface area contributed by atoms with Gasteiger partial charge < -0.3 is 5.32 Å². The first kappa shape index (κ1) is 19.6. The van der Waals surface area contributed by atoms with Crippen LogP contribution >= 0.6 is 23.1 Å². The van der Waals surface area contributed by atoms with Crippen LogP contribution in [-0.2, 0) is 17.6 Å². The van der Waals surface area contributed by atoms with Crippen LogP contribution in [0.3, 0.4) is 0 Å². The number of carbonyl (C=O) groups is 1. The molecule has 1 amide bonds. The summed E-state index contributed by atoms with van der Waals surface area (Å²) in [5, 5.41) is 15.2. The molecule has 3 aromatic rings. The maximum atomic E-state index is 13.3. The van der Waals surface area contributed by atoms with Crippen molar-refractivity contribution in [3.05, 3.63) is 64.4 Å². The lowest BCUT2D eigenvalue weighted by Gasteiger charge is -2.21. The predicted octanol–water partition coefficient (Wildman–Crippen LogP) is 5.43. The van der Waals surface area contributed by atoms with Crippen molar-refractivity contribution in [1.29, 1.82) is 5.26 Å². The van der Waals surface area contributed by atoms with Crippen LogP contribution in [0.4, 0.5) is 10.1 Å². The van der Waals surface area contributed by atoms with Crippen LogP contribution in [0.1, 0.15) is 29.7 Å². The molecule has 1 aromatic carbocycles. The fourth-order valence-electron chi connectivity index (χ4n) is 3.52. The Labute approximate surface area is 176 Å². The molecular weight excluding hydrogens is 405 g/mol. The average Bonchev–Trinajstić information content (AvgIpc) is 3.25. The highest BCUT2D eigenvalue weighted by molar-refractivity contribution is 8.00. The topological polar surface area (TPSA) is 65.8 Å². The Morgan fingerprint density at radius 3 is 2.90 bits per heavy atom. The number of carbonyl (C=O) groups excluding carboxylic acids is 1. The summed E-state index contributed by atoms with van der Waals surface area (Å²) in [4.78, 5) is 18.2. The van der Waals surface area contributed by atoms with Crippen LogP contribution in [0.25, 0.3) is 10.4 Å². The van der Waals surface area contributed by atoms with E-state index in [-0.39, 0.29) is 11.7 Å². The van der Waals surface area contributed by atoms with E-state index in [1.165, 1.54) is 29.5 Å². The van der Waals surface area contributed by atoms with E-state index in [1.807, 2.05) is 17.5 Å². The first-order valence-corrected chi connectivity index (χ1v) is 11.2. The minimum absolute atomic E-state index is 0.0981. The SMILES string of the molecule is N#Cc1c(SCC(=O)Nc2cccc(F)c2)nc2c(c1-c1cccs1)CCCC2. The molecule has 2 heterocycles. The van der Waals surface area contributed by atoms with Gasteiger partial charge in [0.2, 0.25) is 5.91 Å². The minimum atomic E-state index is -0.404. The highest BCUT2D eigenvalue weighted by Gasteiger charge is 2.24. The van der Waals surface area contributed by atoms with E-state index in [0.29, 0.717) is 16.3 Å². The van der Waals surface area contributed by atoms with Crippen molar-refractivity contribution >= 4 is 34.7 Å². The van der Waals surface area contributed by atoms with Crippen LogP contribution in [-0.4, -0.2) is 16.6 Å². The lowest BCUT2D eigenvalue weighted by atomic mass is 9.89. The summed E-state index contributed by atoms with van der Waals surface area (Å²) >= 11 is 2.86. The predicted molar refractivity (Wildman–Crippen MR) is 115 cm³/mol. The van der Waals surface area contributed by atoms with Gasteiger partial charge in [0.15, 0.2) is 0 Å². The number of nitrogens with zero attached hydrogens (tertiary/aromatic N) is 2. The number of halogens is 1. The highest BCUT2D eigenvalue weighted by atomic mass is 32.2. The second-order valence-electron chi connectivity index (χ2n) is 6.74. The average molecular weight is 424 g/mol. The molecule has 0 unspecified atom stereocenters. The van der Waals surface area contributed by atoms with Crippen LogP contribution in [0.2, 0.25) is 0 Å². The molecule has 1 N–H and O–H groups in total. The normalized spacial score (nSPS) is 12.8. The van der Waals surface area contributed by atoms with E-state index >= 15 is 0 Å². The van der Waals surface area contributed by atoms with Gasteiger partial charge in [0.05, 0.1) is 11.3 Å². The van der Waals surface area contributed by atoms with Crippen molar-refractivity contribution in [3.8, 4) is 16.5 Å². The van der Waals surface area contributed by atoms with Crippen LogP contribution in [0.15, 0.2) is 46.8 Å². The molecule has 0 aliphatic heterocycles. The van der Waals surface area contributed by atoms with Gasteiger partial charge in [0.25, 0.3) is 0 Å². The molecule has 29 heavy (non-hydrogen) atoms. The summed E-state index contributed by atoms with van der Waals surface area (Å²) in [5.74, 6) is -0.568. The van der Waals surface area contributed by atoms with E-state index in [2.05, 4.69) is 11.4 Å². The first-order valence-electron chi connectivity index (χ1n) is 9.33. The lowest BCUT2D eigenvalue weighted by Crippen LogP contribution is -2.15. The van der Waals surface area contributed by atoms with Gasteiger partial charge in [-0.05, 0) is 60.9 Å². The molecule has 0 radical (unpaired) electrons. The third-order valence-corrected chi connectivity index (χ3v) is 6.63. The van der Waals surface area contributed by atoms with E-state index in [1.54, 1.807) is 23.5 Å². The van der Waals surface area contributed by atoms with E-state index in [9.17, 15) is 14.4 Å². The van der Waals surface area contributed by atoms with Crippen molar-refractivity contribution in [2.75, 3.05) is 11.1 Å². The molecule has 0 atom stereocenters. The largest absolute Gasteiger partial charge is 0.325 e. The smallest absolute Gasteiger partial charge is 0.234 e. The number of nitrogens with one attached hydrogen (secondary N) is 1. The Morgan fingerprint density at radius 1 is 1.28 bits per heavy atom. The van der Waals surface area contributed by atoms with Gasteiger partial charge in [-0.2, -0.15) is 5.26 Å². The molecular formula is C22H18FN3OS2. The van der Waals surface area contributed by atoms with Crippen LogP contribution < -0.4 is 5.32 Å². The van der Waals surface area contributed by atoms with E-state index < -0.39 is 5.82 Å². The molecule has 0 spiro atoms. The lowest BCUT2D eigenvalue weighted by molar-refractivity contribution is -0.113. The summed E-state index contributed by atoms with van der Waals surface area (Å²) in [7, 11) is 0. The summed E-state index contributed by atoms with van der Waals surface area (Å²) in [6, 6.07) is 12.1. The highest BCUT2D eigenvalue weighted by Crippen LogP contribution is 2.39. The van der Waals surface area contributed by atoms with Gasteiger partial charge in [-0.3, -0.25) is 4.79 Å². The Hall–Kier alpha value is -2.69. The number of pyridine rings is 1. The fourth-order valence-corrected chi connectivity index (χ4v) is 5.13. The summed E-state index contributed by atoms with van der Waals surface area (Å²) in [6.07, 6.45) is 4.00. The number of aromatic nitrogens is 1. The van der Waals surface area contributed by atoms with E-state index in [0.717, 1.165) is 41.8 Å². The molecule has 146 valence electrons. The summed E-state index contributed by atoms with van der Waals surface area (Å²) < 4.78 is 13.3. The molecule has 7 heteroatoms. The van der Waals surface area contributed by atoms with Crippen molar-refractivity contribution in [1.82, 2.24) is 4.98 Å². The molecule has 0 saturated carbocycles. The number of anilines is 1. The number of thiophene rings is 1. The van der Waals surface area contributed by atoms with Gasteiger partial charge >= 0.3 is 0 Å². The third-order valence-electron chi connectivity index (χ3n) is 4.77. The number of hydrogen-bond acceptors (Lipinski definition) is 5. The quantitative estimate of drug-likeness (QED) is 0.556. The molecule has 4 nitrogen and oxygen atoms in total.